The highest BCUT2D eigenvalue weighted by Crippen LogP contribution is 2.57. The molecule has 1 N–H and O–H groups in total. The maximum atomic E-state index is 10.2. The Balaban J connectivity index is 1.87. The molecule has 0 amide bonds. The molecule has 3 rings (SSSR count). The molecule has 3 nitrogen and oxygen atoms in total. The number of allylic oxidation sites excluding steroid dienone is 4. The summed E-state index contributed by atoms with van der Waals surface area (Å²) >= 11 is 2.01. The van der Waals surface area contributed by atoms with Gasteiger partial charge in [-0.05, 0) is 124 Å². The summed E-state index contributed by atoms with van der Waals surface area (Å²) < 4.78 is 14.1. The van der Waals surface area contributed by atoms with Gasteiger partial charge in [-0.2, -0.15) is 11.8 Å². The maximum Gasteiger partial charge on any atom is 0.192 e. The lowest BCUT2D eigenvalue weighted by Crippen LogP contribution is -2.49. The average molecular weight is 661 g/mol. The fraction of sp³-hybridized carbons (Fsp3) is 0.789. The number of aliphatic hydroxyl groups is 1. The van der Waals surface area contributed by atoms with E-state index in [1.54, 1.807) is 11.1 Å². The van der Waals surface area contributed by atoms with Crippen LogP contribution in [0, 0.1) is 11.3 Å². The summed E-state index contributed by atoms with van der Waals surface area (Å²) in [7, 11) is -3.91. The second kappa shape index (κ2) is 13.6. The zero-order valence-corrected chi connectivity index (χ0v) is 33.9. The summed E-state index contributed by atoms with van der Waals surface area (Å²) in [5, 5.41) is 11.0. The third kappa shape index (κ3) is 8.95. The summed E-state index contributed by atoms with van der Waals surface area (Å²) in [6, 6.07) is 0. The van der Waals surface area contributed by atoms with E-state index in [0.29, 0.717) is 11.2 Å². The number of hydrogen-bond donors (Lipinski definition) is 1. The summed E-state index contributed by atoms with van der Waals surface area (Å²) in [6.45, 7) is 36.9. The zero-order valence-electron chi connectivity index (χ0n) is 31.1. The number of fused-ring (bicyclic) bond motifs is 1. The summed E-state index contributed by atoms with van der Waals surface area (Å²) in [4.78, 5) is 0. The molecule has 0 saturated heterocycles. The Morgan fingerprint density at radius 3 is 2.18 bits per heavy atom. The molecule has 0 radical (unpaired) electrons. The molecule has 0 aromatic rings. The van der Waals surface area contributed by atoms with Gasteiger partial charge in [0.1, 0.15) is 0 Å². The van der Waals surface area contributed by atoms with Crippen molar-refractivity contribution in [3.05, 3.63) is 47.1 Å². The van der Waals surface area contributed by atoms with Gasteiger partial charge in [-0.1, -0.05) is 84.4 Å². The van der Waals surface area contributed by atoms with Crippen LogP contribution >= 0.6 is 11.8 Å². The first-order valence-electron chi connectivity index (χ1n) is 17.4. The van der Waals surface area contributed by atoms with E-state index in [1.807, 2.05) is 25.6 Å². The van der Waals surface area contributed by atoms with Crippen LogP contribution in [0.15, 0.2) is 47.1 Å². The monoisotopic (exact) mass is 660 g/mol. The Kier molecular flexibility index (Phi) is 11.8. The van der Waals surface area contributed by atoms with Gasteiger partial charge in [0.15, 0.2) is 16.6 Å². The normalized spacial score (nSPS) is 30.1. The predicted octanol–water partition coefficient (Wildman–Crippen LogP) is 11.4. The first-order valence-corrected chi connectivity index (χ1v) is 24.2. The van der Waals surface area contributed by atoms with Crippen LogP contribution < -0.4 is 0 Å². The van der Waals surface area contributed by atoms with Crippen LogP contribution in [0.4, 0.5) is 0 Å². The van der Waals surface area contributed by atoms with Crippen LogP contribution in [0.2, 0.25) is 36.3 Å². The van der Waals surface area contributed by atoms with Gasteiger partial charge in [0.05, 0.1) is 17.8 Å². The van der Waals surface area contributed by atoms with E-state index in [-0.39, 0.29) is 27.7 Å². The molecule has 1 unspecified atom stereocenters. The number of rotatable bonds is 10. The van der Waals surface area contributed by atoms with Crippen LogP contribution in [-0.2, 0) is 8.85 Å². The zero-order chi connectivity index (χ0) is 33.5. The topological polar surface area (TPSA) is 38.7 Å². The van der Waals surface area contributed by atoms with Crippen molar-refractivity contribution in [3.63, 3.8) is 0 Å². The minimum atomic E-state index is -1.98. The molecule has 0 aliphatic heterocycles. The van der Waals surface area contributed by atoms with Gasteiger partial charge in [0.2, 0.25) is 0 Å². The van der Waals surface area contributed by atoms with E-state index in [1.165, 1.54) is 30.4 Å². The van der Waals surface area contributed by atoms with Crippen molar-refractivity contribution in [2.45, 2.75) is 174 Å². The first-order chi connectivity index (χ1) is 19.9. The van der Waals surface area contributed by atoms with Crippen molar-refractivity contribution in [1.82, 2.24) is 0 Å². The van der Waals surface area contributed by atoms with Crippen LogP contribution in [0.25, 0.3) is 0 Å². The van der Waals surface area contributed by atoms with Crippen molar-refractivity contribution in [3.8, 4) is 0 Å². The highest BCUT2D eigenvalue weighted by Gasteiger charge is 2.47. The van der Waals surface area contributed by atoms with Crippen molar-refractivity contribution in [1.29, 1.82) is 0 Å². The predicted molar refractivity (Wildman–Crippen MR) is 200 cm³/mol. The van der Waals surface area contributed by atoms with E-state index in [9.17, 15) is 5.11 Å². The van der Waals surface area contributed by atoms with Crippen molar-refractivity contribution >= 4 is 28.4 Å². The van der Waals surface area contributed by atoms with E-state index < -0.39 is 22.2 Å². The van der Waals surface area contributed by atoms with Gasteiger partial charge >= 0.3 is 0 Å². The fourth-order valence-corrected chi connectivity index (χ4v) is 11.0. The van der Waals surface area contributed by atoms with E-state index in [2.05, 4.69) is 106 Å². The molecule has 0 aromatic carbocycles. The van der Waals surface area contributed by atoms with Gasteiger partial charge in [-0.15, -0.1) is 0 Å². The molecule has 2 saturated carbocycles. The van der Waals surface area contributed by atoms with Crippen molar-refractivity contribution < 1.29 is 14.0 Å². The molecule has 2 fully saturated rings. The molecule has 0 aromatic heterocycles. The van der Waals surface area contributed by atoms with Gasteiger partial charge in [0, 0.05) is 11.7 Å². The largest absolute Gasteiger partial charge is 0.413 e. The molecule has 0 spiro atoms. The standard InChI is InChI=1S/C38H68O3SSi2/c1-27-30(25-31(40-43(12,13)35(3,4)5)26-34(27)41-44(14,15)36(6,7)8)19-18-29-17-16-22-38(11)32(20-21-33(29)38)28(2)42-24-23-37(9,10)39/h18-20,28,31,33-34,39H,1,16-17,21-26H2,2-15H3/b29-18+,30-19-/t28?,31-,33+,34+,38-/m1/s1. The summed E-state index contributed by atoms with van der Waals surface area (Å²) in [5.41, 5.74) is 5.37. The van der Waals surface area contributed by atoms with Crippen LogP contribution in [0.5, 0.6) is 0 Å². The molecule has 6 heteroatoms. The minimum absolute atomic E-state index is 0.0159. The fourth-order valence-electron chi connectivity index (χ4n) is 6.82. The van der Waals surface area contributed by atoms with Gasteiger partial charge < -0.3 is 14.0 Å². The highest BCUT2D eigenvalue weighted by atomic mass is 32.2. The van der Waals surface area contributed by atoms with E-state index in [0.717, 1.165) is 31.4 Å². The molecule has 0 heterocycles. The Morgan fingerprint density at radius 1 is 1.02 bits per heavy atom. The molecule has 3 aliphatic carbocycles. The van der Waals surface area contributed by atoms with Crippen LogP contribution in [-0.4, -0.2) is 50.6 Å². The lowest BCUT2D eigenvalue weighted by molar-refractivity contribution is 0.0777. The summed E-state index contributed by atoms with van der Waals surface area (Å²) in [6.07, 6.45) is 15.1. The Bertz CT molecular complexity index is 1130. The van der Waals surface area contributed by atoms with Gasteiger partial charge in [-0.3, -0.25) is 0 Å². The molecule has 0 bridgehead atoms. The first kappa shape index (κ1) is 38.1. The third-order valence-corrected chi connectivity index (χ3v) is 22.1. The molecular formula is C38H68O3SSi2. The molecule has 3 aliphatic rings. The van der Waals surface area contributed by atoms with E-state index >= 15 is 0 Å². The third-order valence-electron chi connectivity index (χ3n) is 11.9. The maximum absolute atomic E-state index is 10.2. The highest BCUT2D eigenvalue weighted by molar-refractivity contribution is 8.00. The van der Waals surface area contributed by atoms with Crippen molar-refractivity contribution in [2.75, 3.05) is 5.75 Å². The SMILES string of the molecule is C=C1/C(=C\C=C2/CCC[C@]3(C)C(C(C)SCCC(C)(C)O)=CC[C@@H]23)C[C@@H](O[Si](C)(C)C(C)(C)C)C[C@@H]1O[Si](C)(C)C(C)(C)C. The Hall–Kier alpha value is -0.376. The van der Waals surface area contributed by atoms with Gasteiger partial charge in [-0.25, -0.2) is 0 Å². The molecule has 44 heavy (non-hydrogen) atoms. The van der Waals surface area contributed by atoms with E-state index in [4.69, 9.17) is 8.85 Å². The average Bonchev–Trinajstić information content (AvgIpc) is 3.20. The second-order valence-electron chi connectivity index (χ2n) is 18.1. The quantitative estimate of drug-likeness (QED) is 0.187. The molecule has 252 valence electrons. The van der Waals surface area contributed by atoms with Gasteiger partial charge in [0.25, 0.3) is 0 Å². The smallest absolute Gasteiger partial charge is 0.192 e. The lowest BCUT2D eigenvalue weighted by atomic mass is 9.64. The Morgan fingerprint density at radius 2 is 1.61 bits per heavy atom. The second-order valence-corrected chi connectivity index (χ2v) is 29.0. The minimum Gasteiger partial charge on any atom is -0.413 e. The van der Waals surface area contributed by atoms with Crippen LogP contribution in [0.1, 0.15) is 114 Å². The lowest BCUT2D eigenvalue weighted by Gasteiger charge is -2.45. The van der Waals surface area contributed by atoms with Crippen molar-refractivity contribution in [2.24, 2.45) is 11.3 Å². The molecular weight excluding hydrogens is 593 g/mol. The Labute approximate surface area is 279 Å². The van der Waals surface area contributed by atoms with Crippen LogP contribution in [0.3, 0.4) is 0 Å². The number of thioether (sulfide) groups is 1. The molecule has 5 atom stereocenters. The summed E-state index contributed by atoms with van der Waals surface area (Å²) in [5.74, 6) is 1.58. The number of hydrogen-bond acceptors (Lipinski definition) is 4.